The van der Waals surface area contributed by atoms with Crippen LogP contribution in [0.15, 0.2) is 48.5 Å². The van der Waals surface area contributed by atoms with Crippen LogP contribution in [0.1, 0.15) is 18.4 Å². The molecule has 0 saturated carbocycles. The molecule has 0 aromatic heterocycles. The van der Waals surface area contributed by atoms with Gasteiger partial charge in [-0.1, -0.05) is 36.4 Å². The maximum absolute atomic E-state index is 12.2. The van der Waals surface area contributed by atoms with E-state index in [4.69, 9.17) is 9.47 Å². The van der Waals surface area contributed by atoms with Crippen LogP contribution in [0, 0.1) is 0 Å². The maximum Gasteiger partial charge on any atom is 0.311 e. The average molecular weight is 341 g/mol. The minimum absolute atomic E-state index is 0.0135. The monoisotopic (exact) mass is 341 g/mol. The summed E-state index contributed by atoms with van der Waals surface area (Å²) in [6, 6.07) is 15.2. The van der Waals surface area contributed by atoms with Crippen LogP contribution < -0.4 is 9.64 Å². The molecule has 0 spiro atoms. The van der Waals surface area contributed by atoms with Gasteiger partial charge < -0.3 is 19.5 Å². The first-order valence-corrected chi connectivity index (χ1v) is 8.63. The lowest BCUT2D eigenvalue weighted by Gasteiger charge is -2.30. The molecule has 1 fully saturated rings. The Balaban J connectivity index is 1.60. The number of phenols is 1. The van der Waals surface area contributed by atoms with Crippen LogP contribution in [0.5, 0.6) is 11.5 Å². The molecule has 0 radical (unpaired) electrons. The average Bonchev–Trinajstić information content (AvgIpc) is 2.65. The molecule has 132 valence electrons. The summed E-state index contributed by atoms with van der Waals surface area (Å²) in [5.41, 5.74) is 1.94. The predicted octanol–water partition coefficient (Wildman–Crippen LogP) is 3.16. The van der Waals surface area contributed by atoms with Gasteiger partial charge in [0, 0.05) is 19.5 Å². The second-order valence-corrected chi connectivity index (χ2v) is 6.04. The lowest BCUT2D eigenvalue weighted by Crippen LogP contribution is -2.36. The van der Waals surface area contributed by atoms with E-state index < -0.39 is 0 Å². The van der Waals surface area contributed by atoms with Crippen LogP contribution in [0.2, 0.25) is 0 Å². The van der Waals surface area contributed by atoms with E-state index >= 15 is 0 Å². The van der Waals surface area contributed by atoms with E-state index in [0.29, 0.717) is 39.1 Å². The first kappa shape index (κ1) is 17.3. The van der Waals surface area contributed by atoms with Gasteiger partial charge in [0.25, 0.3) is 0 Å². The van der Waals surface area contributed by atoms with E-state index in [1.165, 1.54) is 11.6 Å². The fourth-order valence-electron chi connectivity index (χ4n) is 2.92. The molecule has 25 heavy (non-hydrogen) atoms. The number of rotatable bonds is 6. The van der Waals surface area contributed by atoms with Crippen molar-refractivity contribution in [1.82, 2.24) is 0 Å². The number of esters is 1. The van der Waals surface area contributed by atoms with Crippen molar-refractivity contribution < 1.29 is 19.4 Å². The first-order valence-electron chi connectivity index (χ1n) is 8.63. The topological polar surface area (TPSA) is 59.0 Å². The molecular weight excluding hydrogens is 318 g/mol. The summed E-state index contributed by atoms with van der Waals surface area (Å²) in [7, 11) is 0. The number of aromatic hydroxyl groups is 1. The Hall–Kier alpha value is -2.53. The van der Waals surface area contributed by atoms with Gasteiger partial charge in [-0.15, -0.1) is 0 Å². The predicted molar refractivity (Wildman–Crippen MR) is 96.2 cm³/mol. The molecule has 3 rings (SSSR count). The molecule has 1 heterocycles. The molecule has 1 saturated heterocycles. The lowest BCUT2D eigenvalue weighted by atomic mass is 10.1. The molecule has 2 aromatic carbocycles. The Morgan fingerprint density at radius 3 is 2.60 bits per heavy atom. The Bertz CT molecular complexity index is 696. The van der Waals surface area contributed by atoms with Gasteiger partial charge >= 0.3 is 5.97 Å². The Labute approximate surface area is 147 Å². The summed E-state index contributed by atoms with van der Waals surface area (Å²) in [4.78, 5) is 14.3. The van der Waals surface area contributed by atoms with Gasteiger partial charge in [-0.2, -0.15) is 0 Å². The number of carbonyl (C=O) groups is 1. The number of anilines is 1. The number of para-hydroxylation sites is 1. The zero-order valence-electron chi connectivity index (χ0n) is 14.2. The van der Waals surface area contributed by atoms with Crippen LogP contribution in [0.4, 0.5) is 5.69 Å². The molecular formula is C20H23NO4. The van der Waals surface area contributed by atoms with Crippen molar-refractivity contribution >= 4 is 11.7 Å². The highest BCUT2D eigenvalue weighted by Crippen LogP contribution is 2.37. The molecule has 2 aromatic rings. The van der Waals surface area contributed by atoms with Crippen LogP contribution in [0.25, 0.3) is 0 Å². The summed E-state index contributed by atoms with van der Waals surface area (Å²) in [6.07, 6.45) is 1.85. The molecule has 0 aliphatic carbocycles. The number of hydrogen-bond donors (Lipinski definition) is 1. The van der Waals surface area contributed by atoms with E-state index in [2.05, 4.69) is 4.90 Å². The standard InChI is InChI=1S/C20H23NO4/c22-18-10-5-9-17(21-12-14-24-15-13-21)20(18)25-19(23)11-4-8-16-6-2-1-3-7-16/h1-3,5-7,9-10,22H,4,8,11-15H2. The molecule has 0 bridgehead atoms. The number of aryl methyl sites for hydroxylation is 1. The molecule has 1 N–H and O–H groups in total. The summed E-state index contributed by atoms with van der Waals surface area (Å²) in [6.45, 7) is 2.67. The van der Waals surface area contributed by atoms with Crippen molar-refractivity contribution in [3.8, 4) is 11.5 Å². The summed E-state index contributed by atoms with van der Waals surface area (Å²) in [5, 5.41) is 10.1. The smallest absolute Gasteiger partial charge is 0.311 e. The zero-order valence-corrected chi connectivity index (χ0v) is 14.2. The number of ether oxygens (including phenoxy) is 2. The third-order valence-electron chi connectivity index (χ3n) is 4.23. The number of morpholine rings is 1. The van der Waals surface area contributed by atoms with Gasteiger partial charge in [0.1, 0.15) is 0 Å². The molecule has 1 aliphatic heterocycles. The van der Waals surface area contributed by atoms with E-state index in [1.54, 1.807) is 6.07 Å². The van der Waals surface area contributed by atoms with E-state index in [0.717, 1.165) is 12.1 Å². The third-order valence-corrected chi connectivity index (χ3v) is 4.23. The van der Waals surface area contributed by atoms with E-state index in [-0.39, 0.29) is 17.5 Å². The van der Waals surface area contributed by atoms with Crippen molar-refractivity contribution in [1.29, 1.82) is 0 Å². The summed E-state index contributed by atoms with van der Waals surface area (Å²) in [5.74, 6) is -0.0959. The second-order valence-electron chi connectivity index (χ2n) is 6.04. The first-order chi connectivity index (χ1) is 12.2. The Kier molecular flexibility index (Phi) is 5.90. The van der Waals surface area contributed by atoms with Gasteiger partial charge in [0.2, 0.25) is 0 Å². The quantitative estimate of drug-likeness (QED) is 0.646. The van der Waals surface area contributed by atoms with Gasteiger partial charge in [-0.3, -0.25) is 4.79 Å². The molecule has 0 amide bonds. The highest BCUT2D eigenvalue weighted by atomic mass is 16.5. The normalized spacial score (nSPS) is 14.3. The van der Waals surface area contributed by atoms with E-state index in [1.807, 2.05) is 36.4 Å². The van der Waals surface area contributed by atoms with Crippen LogP contribution in [-0.2, 0) is 16.0 Å². The number of phenolic OH excluding ortho intramolecular Hbond substituents is 1. The van der Waals surface area contributed by atoms with Gasteiger partial charge in [0.15, 0.2) is 11.5 Å². The van der Waals surface area contributed by atoms with Crippen molar-refractivity contribution in [3.63, 3.8) is 0 Å². The molecule has 5 heteroatoms. The minimum Gasteiger partial charge on any atom is -0.504 e. The minimum atomic E-state index is -0.327. The largest absolute Gasteiger partial charge is 0.504 e. The summed E-state index contributed by atoms with van der Waals surface area (Å²) >= 11 is 0. The number of carbonyl (C=O) groups excluding carboxylic acids is 1. The zero-order chi connectivity index (χ0) is 17.5. The maximum atomic E-state index is 12.2. The molecule has 5 nitrogen and oxygen atoms in total. The van der Waals surface area contributed by atoms with Crippen molar-refractivity contribution in [2.24, 2.45) is 0 Å². The molecule has 1 aliphatic rings. The van der Waals surface area contributed by atoms with Crippen LogP contribution in [0.3, 0.4) is 0 Å². The van der Waals surface area contributed by atoms with Crippen LogP contribution in [-0.4, -0.2) is 37.4 Å². The highest BCUT2D eigenvalue weighted by Gasteiger charge is 2.20. The van der Waals surface area contributed by atoms with Gasteiger partial charge in [-0.25, -0.2) is 0 Å². The number of benzene rings is 2. The fraction of sp³-hybridized carbons (Fsp3) is 0.350. The van der Waals surface area contributed by atoms with Gasteiger partial charge in [0.05, 0.1) is 18.9 Å². The van der Waals surface area contributed by atoms with Crippen molar-refractivity contribution in [3.05, 3.63) is 54.1 Å². The highest BCUT2D eigenvalue weighted by molar-refractivity contribution is 5.77. The number of nitrogens with zero attached hydrogens (tertiary/aromatic N) is 1. The van der Waals surface area contributed by atoms with Crippen molar-refractivity contribution in [2.45, 2.75) is 19.3 Å². The molecule has 0 unspecified atom stereocenters. The lowest BCUT2D eigenvalue weighted by molar-refractivity contribution is -0.134. The Morgan fingerprint density at radius 2 is 1.84 bits per heavy atom. The SMILES string of the molecule is O=C(CCCc1ccccc1)Oc1c(O)cccc1N1CCOCC1. The second kappa shape index (κ2) is 8.53. The van der Waals surface area contributed by atoms with Gasteiger partial charge in [-0.05, 0) is 30.5 Å². The number of hydrogen-bond acceptors (Lipinski definition) is 5. The van der Waals surface area contributed by atoms with Crippen LogP contribution >= 0.6 is 0 Å². The summed E-state index contributed by atoms with van der Waals surface area (Å²) < 4.78 is 10.9. The third kappa shape index (κ3) is 4.73. The van der Waals surface area contributed by atoms with Crippen molar-refractivity contribution in [2.75, 3.05) is 31.2 Å². The Morgan fingerprint density at radius 1 is 1.08 bits per heavy atom. The molecule has 0 atom stereocenters. The fourth-order valence-corrected chi connectivity index (χ4v) is 2.92. The van der Waals surface area contributed by atoms with E-state index in [9.17, 15) is 9.90 Å².